The van der Waals surface area contributed by atoms with Crippen LogP contribution in [0.2, 0.25) is 0 Å². The zero-order valence-electron chi connectivity index (χ0n) is 11.1. The largest absolute Gasteiger partial charge is 0.348 e. The van der Waals surface area contributed by atoms with Crippen molar-refractivity contribution in [2.45, 2.75) is 19.9 Å². The summed E-state index contributed by atoms with van der Waals surface area (Å²) in [5, 5.41) is 19.0. The number of amides is 1. The fourth-order valence-corrected chi connectivity index (χ4v) is 2.56. The van der Waals surface area contributed by atoms with Crippen LogP contribution in [-0.4, -0.2) is 31.8 Å². The van der Waals surface area contributed by atoms with Gasteiger partial charge in [-0.1, -0.05) is 0 Å². The van der Waals surface area contributed by atoms with Gasteiger partial charge in [-0.05, 0) is 42.3 Å². The maximum atomic E-state index is 12.1. The van der Waals surface area contributed by atoms with Crippen LogP contribution in [0.5, 0.6) is 0 Å². The molecule has 0 aromatic carbocycles. The van der Waals surface area contributed by atoms with Crippen molar-refractivity contribution in [1.29, 1.82) is 0 Å². The molecule has 0 fully saturated rings. The first kappa shape index (κ1) is 12.7. The van der Waals surface area contributed by atoms with Crippen LogP contribution in [0.4, 0.5) is 0 Å². The Bertz CT molecular complexity index is 747. The Morgan fingerprint density at radius 1 is 1.45 bits per heavy atom. The molecule has 7 heteroatoms. The minimum Gasteiger partial charge on any atom is -0.348 e. The van der Waals surface area contributed by atoms with Gasteiger partial charge in [-0.2, -0.15) is 21.0 Å². The number of thiophene rings is 1. The van der Waals surface area contributed by atoms with Gasteiger partial charge in [-0.25, -0.2) is 0 Å². The molecule has 0 atom stereocenters. The molecular weight excluding hydrogens is 274 g/mol. The number of hydrogen-bond acceptors (Lipinski definition) is 5. The second kappa shape index (κ2) is 5.01. The fraction of sp³-hybridized carbons (Fsp3) is 0.231. The highest BCUT2D eigenvalue weighted by Gasteiger charge is 2.15. The Balaban J connectivity index is 2.14. The Kier molecular flexibility index (Phi) is 3.19. The van der Waals surface area contributed by atoms with E-state index in [2.05, 4.69) is 20.6 Å². The predicted molar refractivity (Wildman–Crippen MR) is 76.7 cm³/mol. The summed E-state index contributed by atoms with van der Waals surface area (Å²) < 4.78 is 1.53. The second-order valence-corrected chi connectivity index (χ2v) is 5.46. The Morgan fingerprint density at radius 3 is 3.00 bits per heavy atom. The van der Waals surface area contributed by atoms with Gasteiger partial charge >= 0.3 is 0 Å². The molecule has 1 amide bonds. The number of nitrogens with zero attached hydrogens (tertiary/aromatic N) is 4. The monoisotopic (exact) mass is 287 g/mol. The zero-order valence-corrected chi connectivity index (χ0v) is 11.9. The van der Waals surface area contributed by atoms with E-state index in [1.807, 2.05) is 30.7 Å². The van der Waals surface area contributed by atoms with Crippen LogP contribution in [0.1, 0.15) is 24.3 Å². The SMILES string of the molecule is CC(C)NC(=O)c1cc(-c2ccsc2)c2nncn2n1. The third kappa shape index (κ3) is 2.27. The number of carbonyl (C=O) groups excluding carboxylic acids is 1. The third-order valence-electron chi connectivity index (χ3n) is 2.75. The molecule has 20 heavy (non-hydrogen) atoms. The summed E-state index contributed by atoms with van der Waals surface area (Å²) in [6.45, 7) is 3.82. The summed E-state index contributed by atoms with van der Waals surface area (Å²) in [5.41, 5.74) is 2.86. The molecule has 0 unspecified atom stereocenters. The fourth-order valence-electron chi connectivity index (χ4n) is 1.90. The van der Waals surface area contributed by atoms with Crippen LogP contribution in [0.25, 0.3) is 16.8 Å². The van der Waals surface area contributed by atoms with E-state index < -0.39 is 0 Å². The highest BCUT2D eigenvalue weighted by Crippen LogP contribution is 2.25. The second-order valence-electron chi connectivity index (χ2n) is 4.68. The van der Waals surface area contributed by atoms with E-state index in [4.69, 9.17) is 0 Å². The van der Waals surface area contributed by atoms with E-state index in [1.165, 1.54) is 10.8 Å². The quantitative estimate of drug-likeness (QED) is 0.799. The number of fused-ring (bicyclic) bond motifs is 1. The Labute approximate surface area is 119 Å². The van der Waals surface area contributed by atoms with Crippen LogP contribution >= 0.6 is 11.3 Å². The summed E-state index contributed by atoms with van der Waals surface area (Å²) in [4.78, 5) is 12.1. The van der Waals surface area contributed by atoms with Gasteiger partial charge in [0.2, 0.25) is 0 Å². The summed E-state index contributed by atoms with van der Waals surface area (Å²) in [6, 6.07) is 3.80. The van der Waals surface area contributed by atoms with Gasteiger partial charge in [0.1, 0.15) is 12.0 Å². The van der Waals surface area contributed by atoms with Crippen LogP contribution < -0.4 is 5.32 Å². The summed E-state index contributed by atoms with van der Waals surface area (Å²) in [7, 11) is 0. The molecule has 0 aliphatic rings. The normalized spacial score (nSPS) is 11.2. The first-order valence-electron chi connectivity index (χ1n) is 6.19. The molecule has 0 spiro atoms. The molecular formula is C13H13N5OS. The molecule has 3 aromatic rings. The molecule has 0 aliphatic carbocycles. The van der Waals surface area contributed by atoms with Gasteiger partial charge in [0.25, 0.3) is 5.91 Å². The molecule has 0 bridgehead atoms. The molecule has 3 heterocycles. The van der Waals surface area contributed by atoms with Crippen molar-refractivity contribution in [2.75, 3.05) is 0 Å². The van der Waals surface area contributed by atoms with Crippen molar-refractivity contribution >= 4 is 22.9 Å². The van der Waals surface area contributed by atoms with Crippen molar-refractivity contribution < 1.29 is 4.79 Å². The van der Waals surface area contributed by atoms with Crippen LogP contribution in [0.15, 0.2) is 29.2 Å². The molecule has 102 valence electrons. The lowest BCUT2D eigenvalue weighted by molar-refractivity contribution is 0.0937. The van der Waals surface area contributed by atoms with Crippen molar-refractivity contribution in [1.82, 2.24) is 25.1 Å². The van der Waals surface area contributed by atoms with E-state index >= 15 is 0 Å². The van der Waals surface area contributed by atoms with E-state index in [-0.39, 0.29) is 11.9 Å². The molecule has 0 radical (unpaired) electrons. The molecule has 6 nitrogen and oxygen atoms in total. The summed E-state index contributed by atoms with van der Waals surface area (Å²) >= 11 is 1.59. The number of carbonyl (C=O) groups is 1. The molecule has 1 N–H and O–H groups in total. The lowest BCUT2D eigenvalue weighted by Crippen LogP contribution is -2.31. The van der Waals surface area contributed by atoms with E-state index in [1.54, 1.807) is 17.4 Å². The topological polar surface area (TPSA) is 72.2 Å². The van der Waals surface area contributed by atoms with Crippen molar-refractivity contribution in [3.63, 3.8) is 0 Å². The van der Waals surface area contributed by atoms with Crippen molar-refractivity contribution in [2.24, 2.45) is 0 Å². The molecule has 0 saturated heterocycles. The third-order valence-corrected chi connectivity index (χ3v) is 3.44. The van der Waals surface area contributed by atoms with Gasteiger partial charge in [0, 0.05) is 11.6 Å². The minimum absolute atomic E-state index is 0.0607. The van der Waals surface area contributed by atoms with E-state index in [0.29, 0.717) is 11.3 Å². The van der Waals surface area contributed by atoms with Gasteiger partial charge in [0.05, 0.1) is 0 Å². The highest BCUT2D eigenvalue weighted by atomic mass is 32.1. The number of nitrogens with one attached hydrogen (secondary N) is 1. The average molecular weight is 287 g/mol. The zero-order chi connectivity index (χ0) is 14.1. The van der Waals surface area contributed by atoms with Crippen LogP contribution in [0, 0.1) is 0 Å². The molecule has 3 rings (SSSR count). The first-order valence-corrected chi connectivity index (χ1v) is 7.14. The van der Waals surface area contributed by atoms with E-state index in [9.17, 15) is 4.79 Å². The molecule has 3 aromatic heterocycles. The van der Waals surface area contributed by atoms with Gasteiger partial charge in [-0.3, -0.25) is 4.79 Å². The van der Waals surface area contributed by atoms with Crippen LogP contribution in [-0.2, 0) is 0 Å². The van der Waals surface area contributed by atoms with E-state index in [0.717, 1.165) is 11.1 Å². The first-order chi connectivity index (χ1) is 9.65. The lowest BCUT2D eigenvalue weighted by Gasteiger charge is -2.09. The van der Waals surface area contributed by atoms with Crippen molar-refractivity contribution in [3.05, 3.63) is 34.9 Å². The Morgan fingerprint density at radius 2 is 2.30 bits per heavy atom. The minimum atomic E-state index is -0.202. The van der Waals surface area contributed by atoms with Gasteiger partial charge in [0.15, 0.2) is 5.65 Å². The smallest absolute Gasteiger partial charge is 0.271 e. The number of aromatic nitrogens is 4. The highest BCUT2D eigenvalue weighted by molar-refractivity contribution is 7.08. The standard InChI is InChI=1S/C13H13N5OS/c1-8(2)15-13(19)11-5-10(9-3-4-20-6-9)12-16-14-7-18(12)17-11/h3-8H,1-2H3,(H,15,19). The summed E-state index contributed by atoms with van der Waals surface area (Å²) in [5.74, 6) is -0.202. The van der Waals surface area contributed by atoms with Crippen LogP contribution in [0.3, 0.4) is 0 Å². The maximum Gasteiger partial charge on any atom is 0.271 e. The molecule has 0 saturated carbocycles. The predicted octanol–water partition coefficient (Wildman–Crippen LogP) is 1.99. The average Bonchev–Trinajstić information content (AvgIpc) is 3.07. The maximum absolute atomic E-state index is 12.1. The Hall–Kier alpha value is -2.28. The van der Waals surface area contributed by atoms with Gasteiger partial charge in [-0.15, -0.1) is 10.2 Å². The van der Waals surface area contributed by atoms with Crippen molar-refractivity contribution in [3.8, 4) is 11.1 Å². The number of rotatable bonds is 3. The summed E-state index contributed by atoms with van der Waals surface area (Å²) in [6.07, 6.45) is 1.50. The molecule has 0 aliphatic heterocycles. The van der Waals surface area contributed by atoms with Gasteiger partial charge < -0.3 is 5.32 Å². The lowest BCUT2D eigenvalue weighted by atomic mass is 10.1. The number of hydrogen-bond donors (Lipinski definition) is 1.